The van der Waals surface area contributed by atoms with Crippen LogP contribution in [0.25, 0.3) is 0 Å². The Morgan fingerprint density at radius 2 is 1.75 bits per heavy atom. The second kappa shape index (κ2) is 7.29. The lowest BCUT2D eigenvalue weighted by Gasteiger charge is -2.28. The molecule has 1 unspecified atom stereocenters. The number of aliphatic hydroxyl groups is 1. The second-order valence-corrected chi connectivity index (χ2v) is 5.46. The highest BCUT2D eigenvalue weighted by molar-refractivity contribution is 5.94. The average Bonchev–Trinajstić information content (AvgIpc) is 2.43. The van der Waals surface area contributed by atoms with Crippen molar-refractivity contribution < 1.29 is 9.90 Å². The van der Waals surface area contributed by atoms with Crippen LogP contribution in [0, 0.1) is 0 Å². The van der Waals surface area contributed by atoms with Crippen molar-refractivity contribution >= 4 is 11.6 Å². The Labute approximate surface area is 122 Å². The van der Waals surface area contributed by atoms with Crippen molar-refractivity contribution in [3.63, 3.8) is 0 Å². The van der Waals surface area contributed by atoms with E-state index in [-0.39, 0.29) is 11.9 Å². The molecular formula is C16H26N2O2. The van der Waals surface area contributed by atoms with Crippen molar-refractivity contribution in [2.75, 3.05) is 25.0 Å². The second-order valence-electron chi connectivity index (χ2n) is 5.46. The van der Waals surface area contributed by atoms with Crippen molar-refractivity contribution in [1.29, 1.82) is 0 Å². The number of carbonyl (C=O) groups is 1. The molecule has 0 spiro atoms. The molecule has 4 nitrogen and oxygen atoms in total. The van der Waals surface area contributed by atoms with Gasteiger partial charge in [-0.15, -0.1) is 0 Å². The van der Waals surface area contributed by atoms with Gasteiger partial charge in [0.2, 0.25) is 0 Å². The normalized spacial score (nSPS) is 12.3. The lowest BCUT2D eigenvalue weighted by molar-refractivity contribution is 0.0579. The lowest BCUT2D eigenvalue weighted by atomic mass is 10.1. The number of hydrogen-bond donors (Lipinski definition) is 1. The van der Waals surface area contributed by atoms with Crippen LogP contribution in [0.4, 0.5) is 5.69 Å². The van der Waals surface area contributed by atoms with E-state index in [1.54, 1.807) is 11.8 Å². The van der Waals surface area contributed by atoms with Crippen LogP contribution in [0.3, 0.4) is 0 Å². The molecule has 1 aromatic rings. The fraction of sp³-hybridized carbons (Fsp3) is 0.562. The Kier molecular flexibility index (Phi) is 6.02. The van der Waals surface area contributed by atoms with E-state index in [0.29, 0.717) is 12.1 Å². The first-order valence-electron chi connectivity index (χ1n) is 7.17. The molecular weight excluding hydrogens is 252 g/mol. The van der Waals surface area contributed by atoms with E-state index in [0.717, 1.165) is 12.2 Å². The molecule has 0 aliphatic rings. The van der Waals surface area contributed by atoms with Crippen molar-refractivity contribution in [2.24, 2.45) is 0 Å². The zero-order valence-electron chi connectivity index (χ0n) is 13.1. The average molecular weight is 278 g/mol. The summed E-state index contributed by atoms with van der Waals surface area (Å²) in [6.45, 7) is 8.98. The Balaban J connectivity index is 2.89. The summed E-state index contributed by atoms with van der Waals surface area (Å²) in [5, 5.41) is 9.52. The molecule has 0 aromatic heterocycles. The molecule has 20 heavy (non-hydrogen) atoms. The number of hydrogen-bond acceptors (Lipinski definition) is 3. The number of amides is 1. The minimum absolute atomic E-state index is 0.0356. The summed E-state index contributed by atoms with van der Waals surface area (Å²) < 4.78 is 0. The Bertz CT molecular complexity index is 427. The standard InChI is InChI=1S/C16H26N2O2/c1-6-17(5)15-9-7-14(8-10-15)16(20)18(12(2)3)11-13(4)19/h7-10,12-13,19H,6,11H2,1-5H3. The van der Waals surface area contributed by atoms with Crippen molar-refractivity contribution in [3.8, 4) is 0 Å². The van der Waals surface area contributed by atoms with Crippen LogP contribution < -0.4 is 4.90 Å². The fourth-order valence-electron chi connectivity index (χ4n) is 2.02. The number of rotatable bonds is 6. The summed E-state index contributed by atoms with van der Waals surface area (Å²) in [5.41, 5.74) is 1.75. The van der Waals surface area contributed by atoms with Gasteiger partial charge in [-0.3, -0.25) is 4.79 Å². The van der Waals surface area contributed by atoms with E-state index in [9.17, 15) is 9.90 Å². The van der Waals surface area contributed by atoms with E-state index < -0.39 is 6.10 Å². The first-order chi connectivity index (χ1) is 9.36. The lowest BCUT2D eigenvalue weighted by Crippen LogP contribution is -2.41. The van der Waals surface area contributed by atoms with Crippen LogP contribution in [0.5, 0.6) is 0 Å². The maximum Gasteiger partial charge on any atom is 0.254 e. The molecule has 0 saturated carbocycles. The third-order valence-corrected chi connectivity index (χ3v) is 3.37. The minimum atomic E-state index is -0.521. The molecule has 0 saturated heterocycles. The summed E-state index contributed by atoms with van der Waals surface area (Å²) in [7, 11) is 2.02. The van der Waals surface area contributed by atoms with E-state index in [1.807, 2.05) is 45.2 Å². The number of anilines is 1. The maximum atomic E-state index is 12.5. The first-order valence-corrected chi connectivity index (χ1v) is 7.17. The summed E-state index contributed by atoms with van der Waals surface area (Å²) in [6.07, 6.45) is -0.521. The molecule has 1 N–H and O–H groups in total. The molecule has 0 aliphatic heterocycles. The zero-order chi connectivity index (χ0) is 15.3. The summed E-state index contributed by atoms with van der Waals surface area (Å²) >= 11 is 0. The fourth-order valence-corrected chi connectivity index (χ4v) is 2.02. The molecule has 0 radical (unpaired) electrons. The smallest absolute Gasteiger partial charge is 0.254 e. The predicted octanol–water partition coefficient (Wildman–Crippen LogP) is 2.37. The van der Waals surface area contributed by atoms with Gasteiger partial charge in [0.15, 0.2) is 0 Å². The summed E-state index contributed by atoms with van der Waals surface area (Å²) in [4.78, 5) is 16.3. The Morgan fingerprint density at radius 1 is 1.20 bits per heavy atom. The van der Waals surface area contributed by atoms with E-state index in [1.165, 1.54) is 0 Å². The van der Waals surface area contributed by atoms with E-state index in [2.05, 4.69) is 11.8 Å². The van der Waals surface area contributed by atoms with Crippen molar-refractivity contribution in [2.45, 2.75) is 39.8 Å². The highest BCUT2D eigenvalue weighted by Crippen LogP contribution is 2.16. The van der Waals surface area contributed by atoms with Crippen LogP contribution in [0.15, 0.2) is 24.3 Å². The van der Waals surface area contributed by atoms with Gasteiger partial charge in [-0.2, -0.15) is 0 Å². The molecule has 4 heteroatoms. The third kappa shape index (κ3) is 4.23. The largest absolute Gasteiger partial charge is 0.392 e. The predicted molar refractivity (Wildman–Crippen MR) is 83.2 cm³/mol. The number of aliphatic hydroxyl groups excluding tert-OH is 1. The van der Waals surface area contributed by atoms with Crippen molar-refractivity contribution in [1.82, 2.24) is 4.90 Å². The van der Waals surface area contributed by atoms with Crippen LogP contribution in [-0.2, 0) is 0 Å². The molecule has 0 bridgehead atoms. The molecule has 1 amide bonds. The molecule has 0 heterocycles. The molecule has 1 aromatic carbocycles. The summed E-state index contributed by atoms with van der Waals surface area (Å²) in [5.74, 6) is -0.0356. The van der Waals surface area contributed by atoms with Crippen molar-refractivity contribution in [3.05, 3.63) is 29.8 Å². The van der Waals surface area contributed by atoms with Crippen LogP contribution >= 0.6 is 0 Å². The molecule has 1 atom stereocenters. The maximum absolute atomic E-state index is 12.5. The SMILES string of the molecule is CCN(C)c1ccc(C(=O)N(CC(C)O)C(C)C)cc1. The third-order valence-electron chi connectivity index (χ3n) is 3.37. The highest BCUT2D eigenvalue weighted by Gasteiger charge is 2.20. The van der Waals surface area contributed by atoms with E-state index >= 15 is 0 Å². The van der Waals surface area contributed by atoms with E-state index in [4.69, 9.17) is 0 Å². The monoisotopic (exact) mass is 278 g/mol. The van der Waals surface area contributed by atoms with Gasteiger partial charge in [0.1, 0.15) is 0 Å². The number of nitrogens with zero attached hydrogens (tertiary/aromatic N) is 2. The van der Waals surface area contributed by atoms with Gasteiger partial charge in [-0.1, -0.05) is 0 Å². The molecule has 0 aliphatic carbocycles. The topological polar surface area (TPSA) is 43.8 Å². The first kappa shape index (κ1) is 16.5. The van der Waals surface area contributed by atoms with Gasteiger partial charge in [-0.05, 0) is 52.0 Å². The van der Waals surface area contributed by atoms with Gasteiger partial charge in [-0.25, -0.2) is 0 Å². The minimum Gasteiger partial charge on any atom is -0.392 e. The zero-order valence-corrected chi connectivity index (χ0v) is 13.1. The van der Waals surface area contributed by atoms with Gasteiger partial charge < -0.3 is 14.9 Å². The van der Waals surface area contributed by atoms with Gasteiger partial charge in [0.05, 0.1) is 6.10 Å². The Morgan fingerprint density at radius 3 is 2.15 bits per heavy atom. The van der Waals surface area contributed by atoms with Crippen LogP contribution in [-0.4, -0.2) is 48.2 Å². The van der Waals surface area contributed by atoms with Gasteiger partial charge in [0, 0.05) is 37.4 Å². The van der Waals surface area contributed by atoms with Crippen LogP contribution in [0.2, 0.25) is 0 Å². The summed E-state index contributed by atoms with van der Waals surface area (Å²) in [6, 6.07) is 7.67. The Hall–Kier alpha value is -1.55. The molecule has 112 valence electrons. The molecule has 0 fully saturated rings. The quantitative estimate of drug-likeness (QED) is 0.869. The van der Waals surface area contributed by atoms with Crippen LogP contribution in [0.1, 0.15) is 38.1 Å². The molecule has 1 rings (SSSR count). The van der Waals surface area contributed by atoms with Gasteiger partial charge in [0.25, 0.3) is 5.91 Å². The number of carbonyl (C=O) groups excluding carboxylic acids is 1. The number of benzene rings is 1. The van der Waals surface area contributed by atoms with Gasteiger partial charge >= 0.3 is 0 Å². The highest BCUT2D eigenvalue weighted by atomic mass is 16.3.